The lowest BCUT2D eigenvalue weighted by atomic mass is 10.3. The number of aromatic nitrogens is 2. The number of H-pyrrole nitrogens is 1. The van der Waals surface area contributed by atoms with Crippen LogP contribution in [0.4, 0.5) is 5.82 Å². The third-order valence-electron chi connectivity index (χ3n) is 3.22. The van der Waals surface area contributed by atoms with Crippen LogP contribution in [-0.2, 0) is 4.79 Å². The molecule has 6 heteroatoms. The minimum Gasteiger partial charge on any atom is -0.309 e. The Balaban J connectivity index is 1.68. The monoisotopic (exact) mass is 251 g/mol. The van der Waals surface area contributed by atoms with E-state index in [0.29, 0.717) is 12.2 Å². The van der Waals surface area contributed by atoms with Gasteiger partial charge in [0.15, 0.2) is 5.82 Å². The smallest absolute Gasteiger partial charge is 0.226 e. The van der Waals surface area contributed by atoms with E-state index in [1.807, 2.05) is 13.0 Å². The molecule has 1 aliphatic heterocycles. The predicted octanol–water partition coefficient (Wildman–Crippen LogP) is 0.294. The Morgan fingerprint density at radius 1 is 1.44 bits per heavy atom. The number of aryl methyl sites for hydroxylation is 1. The number of amides is 1. The molecule has 0 radical (unpaired) electrons. The molecular weight excluding hydrogens is 230 g/mol. The molecule has 1 saturated heterocycles. The molecule has 18 heavy (non-hydrogen) atoms. The molecule has 1 aromatic rings. The van der Waals surface area contributed by atoms with Gasteiger partial charge >= 0.3 is 0 Å². The van der Waals surface area contributed by atoms with Crippen molar-refractivity contribution in [2.45, 2.75) is 13.3 Å². The van der Waals surface area contributed by atoms with Crippen molar-refractivity contribution in [3.05, 3.63) is 11.8 Å². The number of nitrogens with zero attached hydrogens (tertiary/aromatic N) is 3. The SMILES string of the molecule is Cc1cc(NC(=O)CCN2CCN(C)CC2)n[nH]1. The highest BCUT2D eigenvalue weighted by atomic mass is 16.1. The Labute approximate surface area is 107 Å². The van der Waals surface area contributed by atoms with Gasteiger partial charge in [0.2, 0.25) is 5.91 Å². The highest BCUT2D eigenvalue weighted by Crippen LogP contribution is 2.05. The van der Waals surface area contributed by atoms with E-state index in [1.54, 1.807) is 0 Å². The fraction of sp³-hybridized carbons (Fsp3) is 0.667. The molecule has 2 N–H and O–H groups in total. The van der Waals surface area contributed by atoms with Crippen molar-refractivity contribution < 1.29 is 4.79 Å². The summed E-state index contributed by atoms with van der Waals surface area (Å²) >= 11 is 0. The molecule has 1 aliphatic rings. The van der Waals surface area contributed by atoms with Gasteiger partial charge in [-0.1, -0.05) is 0 Å². The number of aromatic amines is 1. The van der Waals surface area contributed by atoms with E-state index in [-0.39, 0.29) is 5.91 Å². The standard InChI is InChI=1S/C12H21N5O/c1-10-9-11(15-14-10)13-12(18)3-4-17-7-5-16(2)6-8-17/h9H,3-8H2,1-2H3,(H2,13,14,15,18). The molecule has 0 atom stereocenters. The second-order valence-corrected chi connectivity index (χ2v) is 4.88. The zero-order chi connectivity index (χ0) is 13.0. The largest absolute Gasteiger partial charge is 0.309 e. The molecule has 1 amide bonds. The molecule has 2 heterocycles. The summed E-state index contributed by atoms with van der Waals surface area (Å²) in [4.78, 5) is 16.4. The van der Waals surface area contributed by atoms with Crippen LogP contribution in [0.5, 0.6) is 0 Å². The molecule has 6 nitrogen and oxygen atoms in total. The summed E-state index contributed by atoms with van der Waals surface area (Å²) in [6.45, 7) is 6.99. The third-order valence-corrected chi connectivity index (χ3v) is 3.22. The number of piperazine rings is 1. The number of likely N-dealkylation sites (N-methyl/N-ethyl adjacent to an activating group) is 1. The van der Waals surface area contributed by atoms with E-state index in [2.05, 4.69) is 32.4 Å². The fourth-order valence-electron chi connectivity index (χ4n) is 2.02. The van der Waals surface area contributed by atoms with Crippen LogP contribution in [0.15, 0.2) is 6.07 Å². The van der Waals surface area contributed by atoms with Gasteiger partial charge in [0, 0.05) is 50.9 Å². The molecule has 0 unspecified atom stereocenters. The average Bonchev–Trinajstić information content (AvgIpc) is 2.74. The van der Waals surface area contributed by atoms with Crippen LogP contribution >= 0.6 is 0 Å². The number of rotatable bonds is 4. The van der Waals surface area contributed by atoms with Crippen LogP contribution < -0.4 is 5.32 Å². The molecule has 2 rings (SSSR count). The Morgan fingerprint density at radius 2 is 2.17 bits per heavy atom. The number of carbonyl (C=O) groups is 1. The average molecular weight is 251 g/mol. The quantitative estimate of drug-likeness (QED) is 0.807. The molecule has 100 valence electrons. The molecule has 1 fully saturated rings. The highest BCUT2D eigenvalue weighted by molar-refractivity contribution is 5.89. The first-order chi connectivity index (χ1) is 8.63. The van der Waals surface area contributed by atoms with Crippen molar-refractivity contribution in [2.24, 2.45) is 0 Å². The van der Waals surface area contributed by atoms with Gasteiger partial charge in [0.05, 0.1) is 0 Å². The maximum atomic E-state index is 11.7. The van der Waals surface area contributed by atoms with Crippen molar-refractivity contribution in [3.8, 4) is 0 Å². The van der Waals surface area contributed by atoms with Gasteiger partial charge in [-0.25, -0.2) is 0 Å². The second kappa shape index (κ2) is 5.97. The third kappa shape index (κ3) is 3.82. The van der Waals surface area contributed by atoms with Crippen LogP contribution in [0.1, 0.15) is 12.1 Å². The first-order valence-corrected chi connectivity index (χ1v) is 6.36. The van der Waals surface area contributed by atoms with Crippen molar-refractivity contribution in [2.75, 3.05) is 45.1 Å². The van der Waals surface area contributed by atoms with Crippen molar-refractivity contribution >= 4 is 11.7 Å². The van der Waals surface area contributed by atoms with E-state index >= 15 is 0 Å². The van der Waals surface area contributed by atoms with Crippen LogP contribution in [0.2, 0.25) is 0 Å². The van der Waals surface area contributed by atoms with Crippen LogP contribution in [-0.4, -0.2) is 65.7 Å². The van der Waals surface area contributed by atoms with Gasteiger partial charge in [-0.15, -0.1) is 0 Å². The summed E-state index contributed by atoms with van der Waals surface area (Å²) < 4.78 is 0. The summed E-state index contributed by atoms with van der Waals surface area (Å²) in [6, 6.07) is 1.83. The molecule has 0 aromatic carbocycles. The minimum atomic E-state index is 0.0282. The number of hydrogen-bond acceptors (Lipinski definition) is 4. The van der Waals surface area contributed by atoms with E-state index in [9.17, 15) is 4.79 Å². The maximum Gasteiger partial charge on any atom is 0.226 e. The Hall–Kier alpha value is -1.40. The molecular formula is C12H21N5O. The summed E-state index contributed by atoms with van der Waals surface area (Å²) in [5, 5.41) is 9.58. The zero-order valence-electron chi connectivity index (χ0n) is 11.1. The summed E-state index contributed by atoms with van der Waals surface area (Å²) in [5.74, 6) is 0.635. The van der Waals surface area contributed by atoms with E-state index in [1.165, 1.54) is 0 Å². The Morgan fingerprint density at radius 3 is 2.78 bits per heavy atom. The first kappa shape index (κ1) is 13.0. The van der Waals surface area contributed by atoms with Crippen LogP contribution in [0, 0.1) is 6.92 Å². The normalized spacial score (nSPS) is 17.9. The zero-order valence-corrected chi connectivity index (χ0v) is 11.1. The Kier molecular flexibility index (Phi) is 4.33. The van der Waals surface area contributed by atoms with E-state index in [4.69, 9.17) is 0 Å². The molecule has 0 saturated carbocycles. The van der Waals surface area contributed by atoms with Crippen molar-refractivity contribution in [1.82, 2.24) is 20.0 Å². The van der Waals surface area contributed by atoms with E-state index < -0.39 is 0 Å². The molecule has 0 spiro atoms. The van der Waals surface area contributed by atoms with Gasteiger partial charge in [0.25, 0.3) is 0 Å². The van der Waals surface area contributed by atoms with Gasteiger partial charge in [0.1, 0.15) is 0 Å². The molecule has 1 aromatic heterocycles. The van der Waals surface area contributed by atoms with Crippen molar-refractivity contribution in [1.29, 1.82) is 0 Å². The summed E-state index contributed by atoms with van der Waals surface area (Å²) in [7, 11) is 2.13. The lowest BCUT2D eigenvalue weighted by Crippen LogP contribution is -2.45. The fourth-order valence-corrected chi connectivity index (χ4v) is 2.02. The second-order valence-electron chi connectivity index (χ2n) is 4.88. The van der Waals surface area contributed by atoms with Crippen molar-refractivity contribution in [3.63, 3.8) is 0 Å². The lowest BCUT2D eigenvalue weighted by Gasteiger charge is -2.32. The Bertz CT molecular complexity index is 395. The minimum absolute atomic E-state index is 0.0282. The predicted molar refractivity (Wildman–Crippen MR) is 70.5 cm³/mol. The summed E-state index contributed by atoms with van der Waals surface area (Å²) in [5.41, 5.74) is 0.948. The maximum absolute atomic E-state index is 11.7. The van der Waals surface area contributed by atoms with E-state index in [0.717, 1.165) is 38.4 Å². The first-order valence-electron chi connectivity index (χ1n) is 6.36. The number of hydrogen-bond donors (Lipinski definition) is 2. The molecule has 0 bridgehead atoms. The van der Waals surface area contributed by atoms with Crippen LogP contribution in [0.3, 0.4) is 0 Å². The number of carbonyl (C=O) groups excluding carboxylic acids is 1. The number of nitrogens with one attached hydrogen (secondary N) is 2. The lowest BCUT2D eigenvalue weighted by molar-refractivity contribution is -0.116. The van der Waals surface area contributed by atoms with Crippen LogP contribution in [0.25, 0.3) is 0 Å². The number of anilines is 1. The van der Waals surface area contributed by atoms with Gasteiger partial charge < -0.3 is 15.1 Å². The van der Waals surface area contributed by atoms with Gasteiger partial charge in [-0.2, -0.15) is 5.10 Å². The van der Waals surface area contributed by atoms with Gasteiger partial charge in [-0.05, 0) is 14.0 Å². The summed E-state index contributed by atoms with van der Waals surface area (Å²) in [6.07, 6.45) is 0.523. The highest BCUT2D eigenvalue weighted by Gasteiger charge is 2.14. The molecule has 0 aliphatic carbocycles. The topological polar surface area (TPSA) is 64.3 Å². The van der Waals surface area contributed by atoms with Gasteiger partial charge in [-0.3, -0.25) is 9.89 Å².